The summed E-state index contributed by atoms with van der Waals surface area (Å²) in [6, 6.07) is 1.63. The molecule has 2 heterocycles. The highest BCUT2D eigenvalue weighted by Crippen LogP contribution is 2.27. The number of nitrogens with zero attached hydrogens (tertiary/aromatic N) is 1. The smallest absolute Gasteiger partial charge is 0.0469 e. The van der Waals surface area contributed by atoms with Crippen LogP contribution in [0.2, 0.25) is 0 Å². The van der Waals surface area contributed by atoms with Gasteiger partial charge in [-0.1, -0.05) is 0 Å². The SMILES string of the molecule is CC(C1CCOCC1)N1CCC(CNC2CC2)C1. The van der Waals surface area contributed by atoms with Crippen LogP contribution in [0.1, 0.15) is 39.0 Å². The summed E-state index contributed by atoms with van der Waals surface area (Å²) in [7, 11) is 0. The van der Waals surface area contributed by atoms with Crippen molar-refractivity contribution in [1.29, 1.82) is 0 Å². The summed E-state index contributed by atoms with van der Waals surface area (Å²) in [5.74, 6) is 1.77. The van der Waals surface area contributed by atoms with Gasteiger partial charge >= 0.3 is 0 Å². The highest BCUT2D eigenvalue weighted by Gasteiger charge is 2.31. The molecule has 0 bridgehead atoms. The molecule has 3 heteroatoms. The molecule has 3 rings (SSSR count). The lowest BCUT2D eigenvalue weighted by atomic mass is 9.92. The second-order valence-corrected chi connectivity index (χ2v) is 6.52. The standard InChI is InChI=1S/C15H28N2O/c1-12(14-5-8-18-9-6-14)17-7-4-13(11-17)10-16-15-2-3-15/h12-16H,2-11H2,1H3. The van der Waals surface area contributed by atoms with Crippen LogP contribution in [-0.2, 0) is 4.74 Å². The van der Waals surface area contributed by atoms with Crippen LogP contribution < -0.4 is 5.32 Å². The van der Waals surface area contributed by atoms with E-state index in [1.165, 1.54) is 51.7 Å². The molecule has 0 aromatic heterocycles. The molecule has 104 valence electrons. The van der Waals surface area contributed by atoms with E-state index in [-0.39, 0.29) is 0 Å². The van der Waals surface area contributed by atoms with Crippen LogP contribution in [-0.4, -0.2) is 49.8 Å². The number of nitrogens with one attached hydrogen (secondary N) is 1. The van der Waals surface area contributed by atoms with Gasteiger partial charge in [-0.3, -0.25) is 0 Å². The molecule has 2 saturated heterocycles. The molecule has 1 saturated carbocycles. The van der Waals surface area contributed by atoms with Gasteiger partial charge in [-0.15, -0.1) is 0 Å². The predicted molar refractivity (Wildman–Crippen MR) is 73.7 cm³/mol. The molecule has 2 unspecified atom stereocenters. The van der Waals surface area contributed by atoms with E-state index in [0.29, 0.717) is 0 Å². The zero-order valence-corrected chi connectivity index (χ0v) is 11.7. The Morgan fingerprint density at radius 1 is 1.17 bits per heavy atom. The van der Waals surface area contributed by atoms with E-state index in [0.717, 1.165) is 37.1 Å². The molecule has 0 amide bonds. The molecule has 0 radical (unpaired) electrons. The van der Waals surface area contributed by atoms with Crippen LogP contribution in [0.3, 0.4) is 0 Å². The number of rotatable bonds is 5. The maximum absolute atomic E-state index is 5.48. The Morgan fingerprint density at radius 3 is 2.67 bits per heavy atom. The lowest BCUT2D eigenvalue weighted by molar-refractivity contribution is 0.0348. The van der Waals surface area contributed by atoms with Crippen molar-refractivity contribution >= 4 is 0 Å². The van der Waals surface area contributed by atoms with Gasteiger partial charge in [-0.05, 0) is 64.0 Å². The van der Waals surface area contributed by atoms with E-state index >= 15 is 0 Å². The quantitative estimate of drug-likeness (QED) is 0.808. The van der Waals surface area contributed by atoms with Crippen molar-refractivity contribution in [3.8, 4) is 0 Å². The molecular formula is C15H28N2O. The fraction of sp³-hybridized carbons (Fsp3) is 1.00. The van der Waals surface area contributed by atoms with Crippen molar-refractivity contribution in [2.75, 3.05) is 32.8 Å². The van der Waals surface area contributed by atoms with E-state index in [1.807, 2.05) is 0 Å². The molecule has 0 aromatic rings. The summed E-state index contributed by atoms with van der Waals surface area (Å²) >= 11 is 0. The number of likely N-dealkylation sites (tertiary alicyclic amines) is 1. The minimum atomic E-state index is 0.764. The van der Waals surface area contributed by atoms with Crippen LogP contribution in [0.5, 0.6) is 0 Å². The Kier molecular flexibility index (Phi) is 4.22. The predicted octanol–water partition coefficient (Wildman–Crippen LogP) is 1.88. The molecule has 18 heavy (non-hydrogen) atoms. The van der Waals surface area contributed by atoms with Crippen LogP contribution in [0.25, 0.3) is 0 Å². The van der Waals surface area contributed by atoms with E-state index in [9.17, 15) is 0 Å². The Hall–Kier alpha value is -0.120. The zero-order chi connectivity index (χ0) is 12.4. The van der Waals surface area contributed by atoms with E-state index in [4.69, 9.17) is 4.74 Å². The normalized spacial score (nSPS) is 32.8. The molecule has 1 N–H and O–H groups in total. The van der Waals surface area contributed by atoms with Crippen molar-refractivity contribution < 1.29 is 4.74 Å². The molecular weight excluding hydrogens is 224 g/mol. The summed E-state index contributed by atoms with van der Waals surface area (Å²) in [5, 5.41) is 3.69. The van der Waals surface area contributed by atoms with Crippen molar-refractivity contribution in [1.82, 2.24) is 10.2 Å². The Balaban J connectivity index is 1.41. The van der Waals surface area contributed by atoms with Gasteiger partial charge in [-0.2, -0.15) is 0 Å². The largest absolute Gasteiger partial charge is 0.381 e. The number of hydrogen-bond acceptors (Lipinski definition) is 3. The third kappa shape index (κ3) is 3.25. The fourth-order valence-corrected chi connectivity index (χ4v) is 3.52. The molecule has 1 aliphatic carbocycles. The molecule has 0 aromatic carbocycles. The lowest BCUT2D eigenvalue weighted by Gasteiger charge is -2.34. The van der Waals surface area contributed by atoms with Gasteiger partial charge < -0.3 is 15.0 Å². The maximum atomic E-state index is 5.48. The topological polar surface area (TPSA) is 24.5 Å². The molecule has 0 spiro atoms. The fourth-order valence-electron chi connectivity index (χ4n) is 3.52. The molecule has 3 nitrogen and oxygen atoms in total. The third-order valence-electron chi connectivity index (χ3n) is 5.11. The van der Waals surface area contributed by atoms with Crippen LogP contribution in [0, 0.1) is 11.8 Å². The van der Waals surface area contributed by atoms with Gasteiger partial charge in [-0.25, -0.2) is 0 Å². The highest BCUT2D eigenvalue weighted by molar-refractivity contribution is 4.87. The van der Waals surface area contributed by atoms with E-state index in [1.54, 1.807) is 0 Å². The van der Waals surface area contributed by atoms with Crippen molar-refractivity contribution in [3.63, 3.8) is 0 Å². The summed E-state index contributed by atoms with van der Waals surface area (Å²) in [5.41, 5.74) is 0. The van der Waals surface area contributed by atoms with Gasteiger partial charge in [0.25, 0.3) is 0 Å². The molecule has 2 aliphatic heterocycles. The molecule has 3 fully saturated rings. The Labute approximate surface area is 111 Å². The van der Waals surface area contributed by atoms with Crippen molar-refractivity contribution in [2.24, 2.45) is 11.8 Å². The molecule has 3 aliphatic rings. The van der Waals surface area contributed by atoms with Crippen molar-refractivity contribution in [3.05, 3.63) is 0 Å². The first kappa shape index (κ1) is 12.9. The van der Waals surface area contributed by atoms with Gasteiger partial charge in [0.2, 0.25) is 0 Å². The van der Waals surface area contributed by atoms with Crippen LogP contribution >= 0.6 is 0 Å². The third-order valence-corrected chi connectivity index (χ3v) is 5.11. The Morgan fingerprint density at radius 2 is 1.94 bits per heavy atom. The average Bonchev–Trinajstić information content (AvgIpc) is 3.14. The summed E-state index contributed by atoms with van der Waals surface area (Å²) in [4.78, 5) is 2.73. The summed E-state index contributed by atoms with van der Waals surface area (Å²) in [6.45, 7) is 8.28. The zero-order valence-electron chi connectivity index (χ0n) is 11.7. The maximum Gasteiger partial charge on any atom is 0.0469 e. The molecule has 2 atom stereocenters. The van der Waals surface area contributed by atoms with E-state index < -0.39 is 0 Å². The number of ether oxygens (including phenoxy) is 1. The van der Waals surface area contributed by atoms with E-state index in [2.05, 4.69) is 17.1 Å². The highest BCUT2D eigenvalue weighted by atomic mass is 16.5. The monoisotopic (exact) mass is 252 g/mol. The van der Waals surface area contributed by atoms with Gasteiger partial charge in [0.1, 0.15) is 0 Å². The lowest BCUT2D eigenvalue weighted by Crippen LogP contribution is -2.40. The summed E-state index contributed by atoms with van der Waals surface area (Å²) in [6.07, 6.45) is 6.75. The van der Waals surface area contributed by atoms with Gasteiger partial charge in [0.05, 0.1) is 0 Å². The Bertz CT molecular complexity index is 261. The first-order chi connectivity index (χ1) is 8.83. The minimum absolute atomic E-state index is 0.764. The first-order valence-electron chi connectivity index (χ1n) is 7.88. The van der Waals surface area contributed by atoms with Gasteiger partial charge in [0.15, 0.2) is 0 Å². The van der Waals surface area contributed by atoms with Crippen LogP contribution in [0.4, 0.5) is 0 Å². The van der Waals surface area contributed by atoms with Crippen molar-refractivity contribution in [2.45, 2.75) is 51.1 Å². The van der Waals surface area contributed by atoms with Gasteiger partial charge in [0, 0.05) is 31.8 Å². The first-order valence-corrected chi connectivity index (χ1v) is 7.88. The summed E-state index contributed by atoms with van der Waals surface area (Å²) < 4.78 is 5.48. The minimum Gasteiger partial charge on any atom is -0.381 e. The second-order valence-electron chi connectivity index (χ2n) is 6.52. The van der Waals surface area contributed by atoms with Crippen LogP contribution in [0.15, 0.2) is 0 Å². The number of hydrogen-bond donors (Lipinski definition) is 1. The average molecular weight is 252 g/mol. The second kappa shape index (κ2) is 5.89.